The van der Waals surface area contributed by atoms with Gasteiger partial charge in [0.2, 0.25) is 0 Å². The molecular weight excluding hydrogens is 256 g/mol. The Hall–Kier alpha value is -1.78. The largest absolute Gasteiger partial charge is 0.504 e. The molecule has 0 aliphatic rings. The highest BCUT2D eigenvalue weighted by Crippen LogP contribution is 2.31. The summed E-state index contributed by atoms with van der Waals surface area (Å²) in [5.41, 5.74) is 0. The summed E-state index contributed by atoms with van der Waals surface area (Å²) in [5, 5.41) is 12.0. The highest BCUT2D eigenvalue weighted by molar-refractivity contribution is 5.85. The topological polar surface area (TPSA) is 47.9 Å². The molecule has 1 N–H and O–H groups in total. The van der Waals surface area contributed by atoms with Crippen molar-refractivity contribution in [1.82, 2.24) is 0 Å². The highest BCUT2D eigenvalue weighted by Gasteiger charge is 2.04. The van der Waals surface area contributed by atoms with E-state index in [0.717, 1.165) is 17.2 Å². The zero-order valence-corrected chi connectivity index (χ0v) is 11.7. The molecule has 0 bridgehead atoms. The molecule has 0 unspecified atom stereocenters. The summed E-state index contributed by atoms with van der Waals surface area (Å²) in [4.78, 5) is 0. The van der Waals surface area contributed by atoms with E-state index in [1.54, 1.807) is 13.2 Å². The Morgan fingerprint density at radius 3 is 2.45 bits per heavy atom. The molecular formula is C16H20O4. The first-order valence-corrected chi connectivity index (χ1v) is 6.72. The molecule has 2 aromatic rings. The average molecular weight is 276 g/mol. The first kappa shape index (κ1) is 14.6. The fourth-order valence-electron chi connectivity index (χ4n) is 1.91. The van der Waals surface area contributed by atoms with Crippen LogP contribution < -0.4 is 4.74 Å². The smallest absolute Gasteiger partial charge is 0.161 e. The van der Waals surface area contributed by atoms with E-state index in [1.807, 2.05) is 30.3 Å². The van der Waals surface area contributed by atoms with E-state index in [4.69, 9.17) is 14.2 Å². The van der Waals surface area contributed by atoms with Crippen LogP contribution in [0.4, 0.5) is 0 Å². The third-order valence-electron chi connectivity index (χ3n) is 2.95. The molecule has 0 amide bonds. The van der Waals surface area contributed by atoms with Crippen molar-refractivity contribution in [3.8, 4) is 11.5 Å². The van der Waals surface area contributed by atoms with Crippen molar-refractivity contribution >= 4 is 10.8 Å². The number of ether oxygens (including phenoxy) is 3. The van der Waals surface area contributed by atoms with Crippen LogP contribution in [-0.2, 0) is 9.47 Å². The Morgan fingerprint density at radius 1 is 0.950 bits per heavy atom. The van der Waals surface area contributed by atoms with Crippen LogP contribution in [0, 0.1) is 0 Å². The van der Waals surface area contributed by atoms with Crippen LogP contribution in [0.15, 0.2) is 36.4 Å². The highest BCUT2D eigenvalue weighted by atomic mass is 16.5. The summed E-state index contributed by atoms with van der Waals surface area (Å²) >= 11 is 0. The lowest BCUT2D eigenvalue weighted by Crippen LogP contribution is -2.06. The Kier molecular flexibility index (Phi) is 5.65. The molecule has 0 fully saturated rings. The van der Waals surface area contributed by atoms with Gasteiger partial charge in [0.15, 0.2) is 11.5 Å². The van der Waals surface area contributed by atoms with E-state index in [1.165, 1.54) is 0 Å². The number of phenols is 1. The van der Waals surface area contributed by atoms with Gasteiger partial charge in [-0.2, -0.15) is 0 Å². The van der Waals surface area contributed by atoms with Gasteiger partial charge in [-0.1, -0.05) is 24.3 Å². The van der Waals surface area contributed by atoms with E-state index in [0.29, 0.717) is 32.2 Å². The lowest BCUT2D eigenvalue weighted by atomic mass is 10.1. The summed E-state index contributed by atoms with van der Waals surface area (Å²) in [6.45, 7) is 2.33. The van der Waals surface area contributed by atoms with Gasteiger partial charge >= 0.3 is 0 Å². The van der Waals surface area contributed by atoms with Crippen molar-refractivity contribution in [3.05, 3.63) is 36.4 Å². The van der Waals surface area contributed by atoms with Gasteiger partial charge in [-0.25, -0.2) is 0 Å². The second-order valence-corrected chi connectivity index (χ2v) is 4.47. The number of methoxy groups -OCH3 is 1. The first-order valence-electron chi connectivity index (χ1n) is 6.72. The van der Waals surface area contributed by atoms with E-state index >= 15 is 0 Å². The van der Waals surface area contributed by atoms with Crippen molar-refractivity contribution in [2.24, 2.45) is 0 Å². The third-order valence-corrected chi connectivity index (χ3v) is 2.95. The zero-order valence-electron chi connectivity index (χ0n) is 11.7. The molecule has 0 aliphatic heterocycles. The number of aromatic hydroxyl groups is 1. The van der Waals surface area contributed by atoms with Crippen molar-refractivity contribution in [1.29, 1.82) is 0 Å². The Morgan fingerprint density at radius 2 is 1.70 bits per heavy atom. The van der Waals surface area contributed by atoms with Crippen molar-refractivity contribution in [3.63, 3.8) is 0 Å². The number of phenolic OH excluding ortho intramolecular Hbond substituents is 1. The minimum absolute atomic E-state index is 0.170. The lowest BCUT2D eigenvalue weighted by molar-refractivity contribution is 0.0643. The second kappa shape index (κ2) is 7.72. The van der Waals surface area contributed by atoms with Gasteiger partial charge in [0, 0.05) is 20.1 Å². The third kappa shape index (κ3) is 4.11. The van der Waals surface area contributed by atoms with Crippen LogP contribution >= 0.6 is 0 Å². The van der Waals surface area contributed by atoms with Gasteiger partial charge in [-0.3, -0.25) is 0 Å². The summed E-state index contributed by atoms with van der Waals surface area (Å²) in [7, 11) is 1.65. The minimum atomic E-state index is 0.170. The molecule has 4 nitrogen and oxygen atoms in total. The normalized spacial score (nSPS) is 10.8. The van der Waals surface area contributed by atoms with Gasteiger partial charge in [0.05, 0.1) is 19.8 Å². The summed E-state index contributed by atoms with van der Waals surface area (Å²) in [6.07, 6.45) is 0.774. The zero-order chi connectivity index (χ0) is 14.2. The number of fused-ring (bicyclic) bond motifs is 1. The van der Waals surface area contributed by atoms with Crippen LogP contribution in [0.2, 0.25) is 0 Å². The van der Waals surface area contributed by atoms with Crippen LogP contribution in [0.3, 0.4) is 0 Å². The van der Waals surface area contributed by atoms with E-state index in [-0.39, 0.29) is 5.75 Å². The van der Waals surface area contributed by atoms with E-state index in [2.05, 4.69) is 0 Å². The van der Waals surface area contributed by atoms with Gasteiger partial charge < -0.3 is 19.3 Å². The first-order chi connectivity index (χ1) is 9.81. The van der Waals surface area contributed by atoms with Crippen molar-refractivity contribution < 1.29 is 19.3 Å². The summed E-state index contributed by atoms with van der Waals surface area (Å²) < 4.78 is 15.8. The van der Waals surface area contributed by atoms with Gasteiger partial charge in [-0.05, 0) is 22.9 Å². The predicted molar refractivity (Wildman–Crippen MR) is 78.4 cm³/mol. The lowest BCUT2D eigenvalue weighted by Gasteiger charge is -2.09. The molecule has 108 valence electrons. The Balaban J connectivity index is 1.82. The van der Waals surface area contributed by atoms with Crippen LogP contribution in [-0.4, -0.2) is 38.6 Å². The number of hydrogen-bond acceptors (Lipinski definition) is 4. The number of hydrogen-bond donors (Lipinski definition) is 1. The fraction of sp³-hybridized carbons (Fsp3) is 0.375. The monoisotopic (exact) mass is 276 g/mol. The maximum Gasteiger partial charge on any atom is 0.161 e. The predicted octanol–water partition coefficient (Wildman–Crippen LogP) is 2.98. The number of rotatable bonds is 8. The second-order valence-electron chi connectivity index (χ2n) is 4.47. The minimum Gasteiger partial charge on any atom is -0.504 e. The van der Waals surface area contributed by atoms with Crippen molar-refractivity contribution in [2.45, 2.75) is 6.42 Å². The maximum atomic E-state index is 9.91. The average Bonchev–Trinajstić information content (AvgIpc) is 2.46. The Labute approximate surface area is 118 Å². The number of benzene rings is 2. The van der Waals surface area contributed by atoms with Gasteiger partial charge in [0.1, 0.15) is 0 Å². The van der Waals surface area contributed by atoms with Crippen LogP contribution in [0.1, 0.15) is 6.42 Å². The molecule has 20 heavy (non-hydrogen) atoms. The molecule has 2 aromatic carbocycles. The molecule has 2 rings (SSSR count). The SMILES string of the molecule is COCCOCCCOc1cc2ccccc2cc1O. The summed E-state index contributed by atoms with van der Waals surface area (Å²) in [5.74, 6) is 0.685. The summed E-state index contributed by atoms with van der Waals surface area (Å²) in [6, 6.07) is 11.4. The van der Waals surface area contributed by atoms with E-state index < -0.39 is 0 Å². The van der Waals surface area contributed by atoms with Gasteiger partial charge in [0.25, 0.3) is 0 Å². The molecule has 4 heteroatoms. The Bertz CT molecular complexity index is 539. The molecule has 0 spiro atoms. The fourth-order valence-corrected chi connectivity index (χ4v) is 1.91. The quantitative estimate of drug-likeness (QED) is 0.753. The van der Waals surface area contributed by atoms with Crippen LogP contribution in [0.25, 0.3) is 10.8 Å². The molecule has 0 saturated carbocycles. The molecule has 0 atom stereocenters. The molecule has 0 aliphatic carbocycles. The molecule has 0 radical (unpaired) electrons. The molecule has 0 saturated heterocycles. The van der Waals surface area contributed by atoms with Crippen LogP contribution in [0.5, 0.6) is 11.5 Å². The molecule has 0 heterocycles. The van der Waals surface area contributed by atoms with Crippen molar-refractivity contribution in [2.75, 3.05) is 33.5 Å². The maximum absolute atomic E-state index is 9.91. The molecule has 0 aromatic heterocycles. The van der Waals surface area contributed by atoms with Gasteiger partial charge in [-0.15, -0.1) is 0 Å². The standard InChI is InChI=1S/C16H20O4/c1-18-9-10-19-7-4-8-20-16-12-14-6-3-2-5-13(14)11-15(16)17/h2-3,5-6,11-12,17H,4,7-10H2,1H3. The van der Waals surface area contributed by atoms with E-state index in [9.17, 15) is 5.11 Å².